The molecule has 2 nitrogen and oxygen atoms in total. The number of carbonyl (C=O) groups is 1. The molecule has 1 N–H and O–H groups in total. The molecule has 0 atom stereocenters. The second-order valence-corrected chi connectivity index (χ2v) is 4.02. The minimum absolute atomic E-state index is 0.156. The van der Waals surface area contributed by atoms with Crippen LogP contribution in [-0.2, 0) is 4.79 Å². The fourth-order valence-electron chi connectivity index (χ4n) is 0.328. The second-order valence-electron chi connectivity index (χ2n) is 1.88. The molecule has 0 fully saturated rings. The molecular formula is C5H11NOS2. The molecule has 0 unspecified atom stereocenters. The van der Waals surface area contributed by atoms with E-state index >= 15 is 0 Å². The van der Waals surface area contributed by atoms with Crippen molar-refractivity contribution in [2.24, 2.45) is 0 Å². The molecule has 0 saturated heterocycles. The average Bonchev–Trinajstić information content (AvgIpc) is 1.64. The van der Waals surface area contributed by atoms with Crippen molar-refractivity contribution in [3.63, 3.8) is 0 Å². The van der Waals surface area contributed by atoms with Crippen LogP contribution in [0.3, 0.4) is 0 Å². The molecule has 0 aliphatic heterocycles. The van der Waals surface area contributed by atoms with Crippen molar-refractivity contribution in [2.45, 2.75) is 17.9 Å². The van der Waals surface area contributed by atoms with E-state index in [2.05, 4.69) is 30.6 Å². The molecule has 0 bridgehead atoms. The van der Waals surface area contributed by atoms with Crippen LogP contribution >= 0.6 is 25.3 Å². The molecule has 1 amide bonds. The quantitative estimate of drug-likeness (QED) is 0.408. The summed E-state index contributed by atoms with van der Waals surface area (Å²) in [5, 5.41) is 2.59. The highest BCUT2D eigenvalue weighted by Crippen LogP contribution is 2.17. The number of carbonyl (C=O) groups excluding carboxylic acids is 1. The van der Waals surface area contributed by atoms with Gasteiger partial charge in [-0.05, 0) is 13.8 Å². The molecule has 0 aromatic heterocycles. The molecular weight excluding hydrogens is 154 g/mol. The Morgan fingerprint density at radius 2 is 2.11 bits per heavy atom. The summed E-state index contributed by atoms with van der Waals surface area (Å²) in [5.41, 5.74) is 0. The molecule has 0 heterocycles. The number of hydrogen-bond acceptors (Lipinski definition) is 3. The van der Waals surface area contributed by atoms with Crippen molar-refractivity contribution in [3.05, 3.63) is 0 Å². The highest BCUT2D eigenvalue weighted by Gasteiger charge is 2.22. The highest BCUT2D eigenvalue weighted by molar-refractivity contribution is 8.01. The maximum absolute atomic E-state index is 10.8. The number of amides is 1. The van der Waals surface area contributed by atoms with Crippen molar-refractivity contribution in [1.82, 2.24) is 5.32 Å². The first-order valence-corrected chi connectivity index (χ1v) is 3.61. The summed E-state index contributed by atoms with van der Waals surface area (Å²) in [6.07, 6.45) is 0. The summed E-state index contributed by atoms with van der Waals surface area (Å²) < 4.78 is -0.851. The standard InChI is InChI=1S/C5H11NOS2/c1-3-6-4(7)5(2,8)9/h8-9H,3H2,1-2H3,(H,6,7). The molecule has 54 valence electrons. The Bertz CT molecular complexity index is 108. The third kappa shape index (κ3) is 3.70. The van der Waals surface area contributed by atoms with Gasteiger partial charge in [-0.3, -0.25) is 4.79 Å². The molecule has 0 aliphatic carbocycles. The van der Waals surface area contributed by atoms with Gasteiger partial charge in [0.05, 0.1) is 0 Å². The first-order valence-electron chi connectivity index (χ1n) is 2.71. The minimum Gasteiger partial charge on any atom is -0.354 e. The van der Waals surface area contributed by atoms with Crippen molar-refractivity contribution in [3.8, 4) is 0 Å². The van der Waals surface area contributed by atoms with Crippen LogP contribution in [0.4, 0.5) is 0 Å². The van der Waals surface area contributed by atoms with E-state index in [0.717, 1.165) is 0 Å². The molecule has 0 saturated carbocycles. The normalized spacial score (nSPS) is 11.1. The topological polar surface area (TPSA) is 29.1 Å². The van der Waals surface area contributed by atoms with Crippen LogP contribution in [0.25, 0.3) is 0 Å². The largest absolute Gasteiger partial charge is 0.354 e. The van der Waals surface area contributed by atoms with Crippen LogP contribution in [0, 0.1) is 0 Å². The van der Waals surface area contributed by atoms with Gasteiger partial charge in [0.15, 0.2) is 0 Å². The van der Waals surface area contributed by atoms with Gasteiger partial charge in [0, 0.05) is 6.54 Å². The predicted molar refractivity (Wildman–Crippen MR) is 45.1 cm³/mol. The summed E-state index contributed by atoms with van der Waals surface area (Å²) in [4.78, 5) is 10.8. The van der Waals surface area contributed by atoms with E-state index < -0.39 is 4.08 Å². The lowest BCUT2D eigenvalue weighted by Gasteiger charge is -2.14. The van der Waals surface area contributed by atoms with Crippen molar-refractivity contribution >= 4 is 31.2 Å². The van der Waals surface area contributed by atoms with E-state index in [1.54, 1.807) is 6.92 Å². The van der Waals surface area contributed by atoms with Crippen molar-refractivity contribution < 1.29 is 4.79 Å². The van der Waals surface area contributed by atoms with Crippen molar-refractivity contribution in [1.29, 1.82) is 0 Å². The maximum atomic E-state index is 10.8. The van der Waals surface area contributed by atoms with Crippen LogP contribution < -0.4 is 5.32 Å². The van der Waals surface area contributed by atoms with Crippen LogP contribution in [-0.4, -0.2) is 16.5 Å². The highest BCUT2D eigenvalue weighted by atomic mass is 32.2. The molecule has 0 spiro atoms. The molecule has 0 aromatic rings. The van der Waals surface area contributed by atoms with Crippen LogP contribution in [0.5, 0.6) is 0 Å². The van der Waals surface area contributed by atoms with E-state index in [0.29, 0.717) is 6.54 Å². The van der Waals surface area contributed by atoms with Crippen molar-refractivity contribution in [2.75, 3.05) is 6.54 Å². The summed E-state index contributed by atoms with van der Waals surface area (Å²) in [6.45, 7) is 4.10. The maximum Gasteiger partial charge on any atom is 0.245 e. The Hall–Kier alpha value is 0.170. The molecule has 0 aromatic carbocycles. The first kappa shape index (κ1) is 9.17. The Morgan fingerprint density at radius 3 is 2.22 bits per heavy atom. The van der Waals surface area contributed by atoms with Gasteiger partial charge in [0.1, 0.15) is 4.08 Å². The smallest absolute Gasteiger partial charge is 0.245 e. The lowest BCUT2D eigenvalue weighted by atomic mass is 10.4. The zero-order valence-corrected chi connectivity index (χ0v) is 7.30. The zero-order valence-electron chi connectivity index (χ0n) is 5.51. The van der Waals surface area contributed by atoms with E-state index in [1.165, 1.54) is 0 Å². The van der Waals surface area contributed by atoms with Gasteiger partial charge in [-0.15, -0.1) is 0 Å². The van der Waals surface area contributed by atoms with Gasteiger partial charge < -0.3 is 5.32 Å². The molecule has 0 rings (SSSR count). The van der Waals surface area contributed by atoms with E-state index in [1.807, 2.05) is 6.92 Å². The van der Waals surface area contributed by atoms with E-state index in [-0.39, 0.29) is 5.91 Å². The average molecular weight is 165 g/mol. The third-order valence-electron chi connectivity index (χ3n) is 0.767. The third-order valence-corrected chi connectivity index (χ3v) is 1.17. The number of rotatable bonds is 2. The molecule has 9 heavy (non-hydrogen) atoms. The van der Waals surface area contributed by atoms with Gasteiger partial charge in [-0.1, -0.05) is 0 Å². The van der Waals surface area contributed by atoms with Gasteiger partial charge in [0.2, 0.25) is 5.91 Å². The Kier molecular flexibility index (Phi) is 3.43. The van der Waals surface area contributed by atoms with Gasteiger partial charge in [-0.2, -0.15) is 25.3 Å². The first-order chi connectivity index (χ1) is 3.98. The Morgan fingerprint density at radius 1 is 1.67 bits per heavy atom. The van der Waals surface area contributed by atoms with E-state index in [4.69, 9.17) is 0 Å². The minimum atomic E-state index is -0.851. The molecule has 4 heteroatoms. The number of nitrogens with one attached hydrogen (secondary N) is 1. The van der Waals surface area contributed by atoms with Gasteiger partial charge in [-0.25, -0.2) is 0 Å². The lowest BCUT2D eigenvalue weighted by molar-refractivity contribution is -0.120. The number of hydrogen-bond donors (Lipinski definition) is 3. The summed E-state index contributed by atoms with van der Waals surface area (Å²) >= 11 is 7.87. The number of thiol groups is 2. The Balaban J connectivity index is 3.74. The second kappa shape index (κ2) is 3.37. The predicted octanol–water partition coefficient (Wildman–Crippen LogP) is 0.698. The summed E-state index contributed by atoms with van der Waals surface area (Å²) in [5.74, 6) is -0.156. The van der Waals surface area contributed by atoms with Gasteiger partial charge in [0.25, 0.3) is 0 Å². The molecule has 0 radical (unpaired) electrons. The van der Waals surface area contributed by atoms with Crippen LogP contribution in [0.2, 0.25) is 0 Å². The van der Waals surface area contributed by atoms with Crippen LogP contribution in [0.15, 0.2) is 0 Å². The monoisotopic (exact) mass is 165 g/mol. The summed E-state index contributed by atoms with van der Waals surface area (Å²) in [7, 11) is 0. The fourth-order valence-corrected chi connectivity index (χ4v) is 0.486. The summed E-state index contributed by atoms with van der Waals surface area (Å²) in [6, 6.07) is 0. The van der Waals surface area contributed by atoms with Crippen LogP contribution in [0.1, 0.15) is 13.8 Å². The molecule has 0 aliphatic rings. The van der Waals surface area contributed by atoms with Gasteiger partial charge >= 0.3 is 0 Å². The zero-order chi connectivity index (χ0) is 7.49. The lowest BCUT2D eigenvalue weighted by Crippen LogP contribution is -2.35. The SMILES string of the molecule is CCNC(=O)C(C)(S)S. The fraction of sp³-hybridized carbons (Fsp3) is 0.800. The Labute approximate surface area is 66.2 Å². The van der Waals surface area contributed by atoms with E-state index in [9.17, 15) is 4.79 Å².